The normalized spacial score (nSPS) is 14.2. The lowest BCUT2D eigenvalue weighted by molar-refractivity contribution is -0.144. The minimum atomic E-state index is -3.84. The Hall–Kier alpha value is -2.42. The molecule has 2 aromatic carbocycles. The Morgan fingerprint density at radius 2 is 1.86 bits per heavy atom. The summed E-state index contributed by atoms with van der Waals surface area (Å²) in [6.07, 6.45) is 0.608. The molecule has 0 spiro atoms. The van der Waals surface area contributed by atoms with E-state index >= 15 is 0 Å². The Kier molecular flexibility index (Phi) is 6.02. The number of methoxy groups -OCH3 is 1. The largest absolute Gasteiger partial charge is 0.466 e. The van der Waals surface area contributed by atoms with Crippen molar-refractivity contribution in [3.63, 3.8) is 0 Å². The van der Waals surface area contributed by atoms with E-state index in [2.05, 4.69) is 4.74 Å². The molecule has 3 rings (SSSR count). The summed E-state index contributed by atoms with van der Waals surface area (Å²) in [4.78, 5) is 23.2. The molecule has 1 aliphatic rings. The molecule has 1 heterocycles. The van der Waals surface area contributed by atoms with Crippen molar-refractivity contribution in [1.82, 2.24) is 4.31 Å². The minimum absolute atomic E-state index is 0.0257. The maximum Gasteiger partial charge on any atom is 0.344 e. The second-order valence-corrected chi connectivity index (χ2v) is 8.50. The van der Waals surface area contributed by atoms with Crippen molar-refractivity contribution in [2.24, 2.45) is 0 Å². The molecular weight excluding hydrogens is 406 g/mol. The molecule has 0 unspecified atom stereocenters. The molecule has 0 saturated carbocycles. The van der Waals surface area contributed by atoms with E-state index in [1.54, 1.807) is 0 Å². The number of rotatable bonds is 5. The van der Waals surface area contributed by atoms with Gasteiger partial charge in [0.2, 0.25) is 10.0 Å². The summed E-state index contributed by atoms with van der Waals surface area (Å²) in [6.45, 7) is -0.00110. The van der Waals surface area contributed by atoms with Crippen molar-refractivity contribution in [2.75, 3.05) is 20.3 Å². The summed E-state index contributed by atoms with van der Waals surface area (Å²) in [5, 5.41) is 0.0257. The Bertz CT molecular complexity index is 1020. The highest BCUT2D eigenvalue weighted by Gasteiger charge is 2.29. The molecule has 0 aliphatic carbocycles. The average molecular weight is 424 g/mol. The summed E-state index contributed by atoms with van der Waals surface area (Å²) in [5.41, 5.74) is 1.94. The predicted octanol–water partition coefficient (Wildman–Crippen LogP) is 2.42. The van der Waals surface area contributed by atoms with Crippen molar-refractivity contribution < 1.29 is 27.5 Å². The van der Waals surface area contributed by atoms with Crippen LogP contribution in [-0.2, 0) is 37.3 Å². The molecule has 2 aromatic rings. The first-order chi connectivity index (χ1) is 13.3. The Labute approximate surface area is 167 Å². The second kappa shape index (κ2) is 8.30. The van der Waals surface area contributed by atoms with E-state index < -0.39 is 28.6 Å². The Balaban J connectivity index is 1.85. The van der Waals surface area contributed by atoms with E-state index in [-0.39, 0.29) is 22.0 Å². The van der Waals surface area contributed by atoms with Crippen molar-refractivity contribution in [2.45, 2.75) is 17.9 Å². The summed E-state index contributed by atoms with van der Waals surface area (Å²) in [6, 6.07) is 11.5. The fraction of sp³-hybridized carbons (Fsp3) is 0.263. The molecule has 7 nitrogen and oxygen atoms in total. The van der Waals surface area contributed by atoms with Gasteiger partial charge in [0.1, 0.15) is 0 Å². The first kappa shape index (κ1) is 20.3. The SMILES string of the molecule is COC(=O)COC(=O)c1cc(S(=O)(=O)N2CCc3ccccc3C2)ccc1Cl. The first-order valence-electron chi connectivity index (χ1n) is 8.43. The molecule has 0 radical (unpaired) electrons. The van der Waals surface area contributed by atoms with Gasteiger partial charge in [-0.15, -0.1) is 0 Å². The monoisotopic (exact) mass is 423 g/mol. The van der Waals surface area contributed by atoms with Crippen LogP contribution in [0.2, 0.25) is 5.02 Å². The zero-order valence-corrected chi connectivity index (χ0v) is 16.6. The summed E-state index contributed by atoms with van der Waals surface area (Å²) in [5.74, 6) is -1.64. The Morgan fingerprint density at radius 1 is 1.14 bits per heavy atom. The highest BCUT2D eigenvalue weighted by molar-refractivity contribution is 7.89. The van der Waals surface area contributed by atoms with Gasteiger partial charge in [0.25, 0.3) is 0 Å². The van der Waals surface area contributed by atoms with Crippen LogP contribution < -0.4 is 0 Å². The fourth-order valence-corrected chi connectivity index (χ4v) is 4.55. The van der Waals surface area contributed by atoms with Crippen LogP contribution in [0, 0.1) is 0 Å². The topological polar surface area (TPSA) is 90.0 Å². The summed E-state index contributed by atoms with van der Waals surface area (Å²) < 4.78 is 36.7. The molecular formula is C19H18ClNO6S. The molecule has 0 amide bonds. The number of benzene rings is 2. The van der Waals surface area contributed by atoms with Crippen LogP contribution in [-0.4, -0.2) is 44.9 Å². The van der Waals surface area contributed by atoms with Gasteiger partial charge in [-0.05, 0) is 35.7 Å². The second-order valence-electron chi connectivity index (χ2n) is 6.15. The van der Waals surface area contributed by atoms with Gasteiger partial charge in [-0.1, -0.05) is 35.9 Å². The van der Waals surface area contributed by atoms with Crippen LogP contribution >= 0.6 is 11.6 Å². The van der Waals surface area contributed by atoms with Gasteiger partial charge in [0, 0.05) is 13.1 Å². The lowest BCUT2D eigenvalue weighted by atomic mass is 10.0. The number of nitrogens with zero attached hydrogens (tertiary/aromatic N) is 1. The number of ether oxygens (including phenoxy) is 2. The zero-order valence-electron chi connectivity index (χ0n) is 15.1. The number of carbonyl (C=O) groups is 2. The maximum absolute atomic E-state index is 13.1. The maximum atomic E-state index is 13.1. The number of hydrogen-bond acceptors (Lipinski definition) is 6. The molecule has 9 heteroatoms. The molecule has 28 heavy (non-hydrogen) atoms. The van der Waals surface area contributed by atoms with Crippen molar-refractivity contribution in [1.29, 1.82) is 0 Å². The lowest BCUT2D eigenvalue weighted by Gasteiger charge is -2.28. The van der Waals surface area contributed by atoms with Crippen LogP contribution in [0.25, 0.3) is 0 Å². The fourth-order valence-electron chi connectivity index (χ4n) is 2.91. The molecule has 1 aliphatic heterocycles. The molecule has 0 saturated heterocycles. The van der Waals surface area contributed by atoms with Crippen LogP contribution in [0.4, 0.5) is 0 Å². The summed E-state index contributed by atoms with van der Waals surface area (Å²) >= 11 is 6.02. The third-order valence-electron chi connectivity index (χ3n) is 4.44. The average Bonchev–Trinajstić information content (AvgIpc) is 2.71. The van der Waals surface area contributed by atoms with Crippen LogP contribution in [0.5, 0.6) is 0 Å². The van der Waals surface area contributed by atoms with Gasteiger partial charge in [0.05, 0.1) is 22.6 Å². The molecule has 0 atom stereocenters. The van der Waals surface area contributed by atoms with Gasteiger partial charge in [-0.2, -0.15) is 4.31 Å². The zero-order chi connectivity index (χ0) is 20.3. The van der Waals surface area contributed by atoms with Crippen LogP contribution in [0.15, 0.2) is 47.4 Å². The van der Waals surface area contributed by atoms with Gasteiger partial charge >= 0.3 is 11.9 Å². The number of fused-ring (bicyclic) bond motifs is 1. The quantitative estimate of drug-likeness (QED) is 0.686. The van der Waals surface area contributed by atoms with Crippen LogP contribution in [0.1, 0.15) is 21.5 Å². The molecule has 148 valence electrons. The van der Waals surface area contributed by atoms with Crippen LogP contribution in [0.3, 0.4) is 0 Å². The van der Waals surface area contributed by atoms with Gasteiger partial charge < -0.3 is 9.47 Å². The van der Waals surface area contributed by atoms with Crippen molar-refractivity contribution >= 4 is 33.6 Å². The number of hydrogen-bond donors (Lipinski definition) is 0. The van der Waals surface area contributed by atoms with Crippen molar-refractivity contribution in [3.05, 3.63) is 64.2 Å². The minimum Gasteiger partial charge on any atom is -0.466 e. The third kappa shape index (κ3) is 4.19. The number of carbonyl (C=O) groups excluding carboxylic acids is 2. The molecule has 0 fully saturated rings. The number of sulfonamides is 1. The van der Waals surface area contributed by atoms with Crippen molar-refractivity contribution in [3.8, 4) is 0 Å². The number of esters is 2. The standard InChI is InChI=1S/C19H18ClNO6S/c1-26-18(22)12-27-19(23)16-10-15(6-7-17(16)20)28(24,25)21-9-8-13-4-2-3-5-14(13)11-21/h2-7,10H,8-9,11-12H2,1H3. The van der Waals surface area contributed by atoms with E-state index in [1.807, 2.05) is 24.3 Å². The van der Waals surface area contributed by atoms with Gasteiger partial charge in [-0.3, -0.25) is 0 Å². The number of halogens is 1. The van der Waals surface area contributed by atoms with Gasteiger partial charge in [-0.25, -0.2) is 18.0 Å². The highest BCUT2D eigenvalue weighted by atomic mass is 35.5. The van der Waals surface area contributed by atoms with E-state index in [0.29, 0.717) is 13.0 Å². The molecule has 0 N–H and O–H groups in total. The Morgan fingerprint density at radius 3 is 2.57 bits per heavy atom. The lowest BCUT2D eigenvalue weighted by Crippen LogP contribution is -2.36. The third-order valence-corrected chi connectivity index (χ3v) is 6.61. The first-order valence-corrected chi connectivity index (χ1v) is 10.2. The van der Waals surface area contributed by atoms with Gasteiger partial charge in [0.15, 0.2) is 6.61 Å². The highest BCUT2D eigenvalue weighted by Crippen LogP contribution is 2.27. The van der Waals surface area contributed by atoms with E-state index in [0.717, 1.165) is 24.3 Å². The summed E-state index contributed by atoms with van der Waals surface area (Å²) in [7, 11) is -2.68. The predicted molar refractivity (Wildman–Crippen MR) is 101 cm³/mol. The smallest absolute Gasteiger partial charge is 0.344 e. The van der Waals surface area contributed by atoms with E-state index in [1.165, 1.54) is 16.4 Å². The molecule has 0 aromatic heterocycles. The van der Waals surface area contributed by atoms with E-state index in [9.17, 15) is 18.0 Å². The van der Waals surface area contributed by atoms with E-state index in [4.69, 9.17) is 16.3 Å². The molecule has 0 bridgehead atoms.